The third-order valence-electron chi connectivity index (χ3n) is 1.84. The van der Waals surface area contributed by atoms with Crippen molar-refractivity contribution in [3.05, 3.63) is 22.7 Å². The first kappa shape index (κ1) is 13.1. The van der Waals surface area contributed by atoms with E-state index >= 15 is 0 Å². The molecule has 0 unspecified atom stereocenters. The highest BCUT2D eigenvalue weighted by atomic mass is 79.9. The molecule has 0 atom stereocenters. The fourth-order valence-electron chi connectivity index (χ4n) is 1.11. The quantitative estimate of drug-likeness (QED) is 0.527. The number of nitrogen functional groups attached to an aromatic ring is 1. The molecule has 0 saturated carbocycles. The molecule has 0 radical (unpaired) electrons. The van der Waals surface area contributed by atoms with Crippen LogP contribution in [0.1, 0.15) is 10.4 Å². The highest BCUT2D eigenvalue weighted by molar-refractivity contribution is 9.09. The van der Waals surface area contributed by atoms with Crippen molar-refractivity contribution in [1.29, 1.82) is 0 Å². The molecule has 0 aliphatic carbocycles. The van der Waals surface area contributed by atoms with E-state index in [1.807, 2.05) is 0 Å². The summed E-state index contributed by atoms with van der Waals surface area (Å²) >= 11 is 9.09. The molecule has 88 valence electrons. The van der Waals surface area contributed by atoms with E-state index in [2.05, 4.69) is 20.7 Å². The van der Waals surface area contributed by atoms with Crippen molar-refractivity contribution in [2.45, 2.75) is 0 Å². The fourth-order valence-corrected chi connectivity index (χ4v) is 1.52. The number of hydrogen-bond acceptors (Lipinski definition) is 4. The second-order valence-corrected chi connectivity index (χ2v) is 4.10. The van der Waals surface area contributed by atoms with E-state index in [1.54, 1.807) is 0 Å². The second-order valence-electron chi connectivity index (χ2n) is 2.90. The van der Waals surface area contributed by atoms with Crippen LogP contribution >= 0.6 is 27.5 Å². The monoisotopic (exact) mass is 307 g/mol. The minimum atomic E-state index is -0.520. The van der Waals surface area contributed by atoms with Crippen molar-refractivity contribution in [2.75, 3.05) is 24.8 Å². The number of carbonyl (C=O) groups excluding carboxylic acids is 1. The molecule has 4 nitrogen and oxygen atoms in total. The molecule has 0 heterocycles. The molecule has 0 aromatic heterocycles. The molecule has 0 spiro atoms. The standard InChI is InChI=1S/C10H11BrClNO3/c1-15-10(14)6-4-9(16-3-2-11)8(13)5-7(6)12/h4-5H,2-3,13H2,1H3. The third-order valence-corrected chi connectivity index (χ3v) is 2.48. The summed E-state index contributed by atoms with van der Waals surface area (Å²) in [5.74, 6) is -0.0991. The van der Waals surface area contributed by atoms with E-state index in [0.29, 0.717) is 23.4 Å². The summed E-state index contributed by atoms with van der Waals surface area (Å²) in [6.07, 6.45) is 0. The Kier molecular flexibility index (Phi) is 4.89. The molecule has 0 amide bonds. The molecule has 1 aromatic rings. The smallest absolute Gasteiger partial charge is 0.339 e. The van der Waals surface area contributed by atoms with Gasteiger partial charge in [-0.15, -0.1) is 0 Å². The maximum atomic E-state index is 11.4. The van der Waals surface area contributed by atoms with Gasteiger partial charge in [-0.1, -0.05) is 27.5 Å². The highest BCUT2D eigenvalue weighted by Crippen LogP contribution is 2.29. The summed E-state index contributed by atoms with van der Waals surface area (Å²) in [6, 6.07) is 2.95. The maximum absolute atomic E-state index is 11.4. The van der Waals surface area contributed by atoms with Crippen LogP contribution in [0.15, 0.2) is 12.1 Å². The van der Waals surface area contributed by atoms with Gasteiger partial charge < -0.3 is 15.2 Å². The number of methoxy groups -OCH3 is 1. The number of benzene rings is 1. The van der Waals surface area contributed by atoms with E-state index in [4.69, 9.17) is 22.1 Å². The Labute approximate surface area is 107 Å². The summed E-state index contributed by atoms with van der Waals surface area (Å²) in [4.78, 5) is 11.4. The van der Waals surface area contributed by atoms with Gasteiger partial charge in [0, 0.05) is 5.33 Å². The van der Waals surface area contributed by atoms with Gasteiger partial charge in [-0.2, -0.15) is 0 Å². The molecular weight excluding hydrogens is 297 g/mol. The van der Waals surface area contributed by atoms with Gasteiger partial charge in [0.05, 0.1) is 30.0 Å². The lowest BCUT2D eigenvalue weighted by atomic mass is 10.2. The SMILES string of the molecule is COC(=O)c1cc(OCCBr)c(N)cc1Cl. The van der Waals surface area contributed by atoms with Crippen LogP contribution in [0.4, 0.5) is 5.69 Å². The number of anilines is 1. The van der Waals surface area contributed by atoms with Crippen molar-refractivity contribution >= 4 is 39.2 Å². The minimum absolute atomic E-state index is 0.239. The summed E-state index contributed by atoms with van der Waals surface area (Å²) in [7, 11) is 1.29. The molecule has 0 bridgehead atoms. The molecule has 0 fully saturated rings. The van der Waals surface area contributed by atoms with Crippen molar-refractivity contribution in [1.82, 2.24) is 0 Å². The topological polar surface area (TPSA) is 61.5 Å². The normalized spacial score (nSPS) is 9.94. The predicted molar refractivity (Wildman–Crippen MR) is 66.5 cm³/mol. The van der Waals surface area contributed by atoms with Crippen LogP contribution in [-0.2, 0) is 4.74 Å². The van der Waals surface area contributed by atoms with E-state index < -0.39 is 5.97 Å². The first-order chi connectivity index (χ1) is 7.60. The number of alkyl halides is 1. The van der Waals surface area contributed by atoms with E-state index in [1.165, 1.54) is 19.2 Å². The molecular formula is C10H11BrClNO3. The van der Waals surface area contributed by atoms with Crippen molar-refractivity contribution in [2.24, 2.45) is 0 Å². The van der Waals surface area contributed by atoms with Crippen LogP contribution in [0.3, 0.4) is 0 Å². The number of ether oxygens (including phenoxy) is 2. The minimum Gasteiger partial charge on any atom is -0.491 e. The predicted octanol–water partition coefficient (Wildman–Crippen LogP) is 2.48. The van der Waals surface area contributed by atoms with Gasteiger partial charge in [-0.25, -0.2) is 4.79 Å². The number of rotatable bonds is 4. The lowest BCUT2D eigenvalue weighted by Crippen LogP contribution is -2.06. The van der Waals surface area contributed by atoms with E-state index in [-0.39, 0.29) is 10.6 Å². The molecule has 1 aromatic carbocycles. The van der Waals surface area contributed by atoms with Gasteiger partial charge in [-0.3, -0.25) is 0 Å². The number of halogens is 2. The van der Waals surface area contributed by atoms with Crippen LogP contribution < -0.4 is 10.5 Å². The zero-order valence-electron chi connectivity index (χ0n) is 8.63. The van der Waals surface area contributed by atoms with Crippen LogP contribution in [0.5, 0.6) is 5.75 Å². The third kappa shape index (κ3) is 3.02. The fraction of sp³-hybridized carbons (Fsp3) is 0.300. The Morgan fingerprint density at radius 1 is 1.56 bits per heavy atom. The zero-order valence-corrected chi connectivity index (χ0v) is 11.0. The van der Waals surface area contributed by atoms with E-state index in [0.717, 1.165) is 0 Å². The van der Waals surface area contributed by atoms with Gasteiger partial charge >= 0.3 is 5.97 Å². The number of carbonyl (C=O) groups is 1. The Hall–Kier alpha value is -0.940. The summed E-state index contributed by atoms with van der Waals surface area (Å²) < 4.78 is 9.93. The molecule has 16 heavy (non-hydrogen) atoms. The first-order valence-electron chi connectivity index (χ1n) is 4.46. The van der Waals surface area contributed by atoms with Crippen LogP contribution in [-0.4, -0.2) is 25.0 Å². The number of nitrogens with two attached hydrogens (primary N) is 1. The highest BCUT2D eigenvalue weighted by Gasteiger charge is 2.14. The Morgan fingerprint density at radius 3 is 2.81 bits per heavy atom. The molecule has 1 rings (SSSR count). The van der Waals surface area contributed by atoms with Crippen molar-refractivity contribution < 1.29 is 14.3 Å². The van der Waals surface area contributed by atoms with Gasteiger partial charge in [0.25, 0.3) is 0 Å². The summed E-state index contributed by atoms with van der Waals surface area (Å²) in [5, 5.41) is 0.915. The molecule has 0 aliphatic rings. The van der Waals surface area contributed by atoms with Gasteiger partial charge in [0.15, 0.2) is 0 Å². The Bertz CT molecular complexity index is 398. The van der Waals surface area contributed by atoms with Gasteiger partial charge in [0.1, 0.15) is 5.75 Å². The molecule has 0 aliphatic heterocycles. The van der Waals surface area contributed by atoms with E-state index in [9.17, 15) is 4.79 Å². The van der Waals surface area contributed by atoms with Crippen LogP contribution in [0.25, 0.3) is 0 Å². The molecule has 0 saturated heterocycles. The number of esters is 1. The lowest BCUT2D eigenvalue weighted by Gasteiger charge is -2.10. The number of hydrogen-bond donors (Lipinski definition) is 1. The van der Waals surface area contributed by atoms with Gasteiger partial charge in [0.2, 0.25) is 0 Å². The Morgan fingerprint density at radius 2 is 2.25 bits per heavy atom. The summed E-state index contributed by atoms with van der Waals surface area (Å²) in [5.41, 5.74) is 6.32. The van der Waals surface area contributed by atoms with Crippen molar-refractivity contribution in [3.8, 4) is 5.75 Å². The Balaban J connectivity index is 3.06. The maximum Gasteiger partial charge on any atom is 0.339 e. The first-order valence-corrected chi connectivity index (χ1v) is 5.96. The van der Waals surface area contributed by atoms with Crippen LogP contribution in [0.2, 0.25) is 5.02 Å². The zero-order chi connectivity index (χ0) is 12.1. The van der Waals surface area contributed by atoms with Crippen molar-refractivity contribution in [3.63, 3.8) is 0 Å². The average Bonchev–Trinajstić information content (AvgIpc) is 2.27. The van der Waals surface area contributed by atoms with Crippen LogP contribution in [0, 0.1) is 0 Å². The largest absolute Gasteiger partial charge is 0.491 e. The van der Waals surface area contributed by atoms with Gasteiger partial charge in [-0.05, 0) is 12.1 Å². The lowest BCUT2D eigenvalue weighted by molar-refractivity contribution is 0.0600. The average molecular weight is 309 g/mol. The second kappa shape index (κ2) is 5.96. The molecule has 6 heteroatoms. The molecule has 2 N–H and O–H groups in total. The summed E-state index contributed by atoms with van der Waals surface area (Å²) in [6.45, 7) is 0.451.